The number of methoxy groups -OCH3 is 1. The van der Waals surface area contributed by atoms with E-state index in [0.29, 0.717) is 0 Å². The van der Waals surface area contributed by atoms with Crippen molar-refractivity contribution in [1.29, 1.82) is 0 Å². The van der Waals surface area contributed by atoms with Crippen LogP contribution in [0.2, 0.25) is 0 Å². The van der Waals surface area contributed by atoms with E-state index in [0.717, 1.165) is 12.1 Å². The normalized spacial score (nSPS) is 11.2. The molecule has 0 aromatic heterocycles. The molecular formula is C13H15F3O4. The third kappa shape index (κ3) is 4.73. The van der Waals surface area contributed by atoms with E-state index in [1.54, 1.807) is 0 Å². The van der Waals surface area contributed by atoms with Crippen LogP contribution in [-0.2, 0) is 22.3 Å². The number of rotatable bonds is 6. The molecule has 7 heteroatoms. The number of halogens is 3. The molecule has 0 aliphatic carbocycles. The van der Waals surface area contributed by atoms with Crippen LogP contribution in [0.15, 0.2) is 18.2 Å². The molecule has 20 heavy (non-hydrogen) atoms. The van der Waals surface area contributed by atoms with Crippen LogP contribution in [0.5, 0.6) is 5.75 Å². The summed E-state index contributed by atoms with van der Waals surface area (Å²) in [5, 5.41) is 8.86. The molecule has 0 atom stereocenters. The Morgan fingerprint density at radius 3 is 2.60 bits per heavy atom. The molecule has 112 valence electrons. The fraction of sp³-hybridized carbons (Fsp3) is 0.462. The van der Waals surface area contributed by atoms with Crippen LogP contribution < -0.4 is 4.74 Å². The number of carbonyl (C=O) groups is 1. The number of hydrogen-bond donors (Lipinski definition) is 1. The van der Waals surface area contributed by atoms with Gasteiger partial charge in [0.15, 0.2) is 0 Å². The first-order chi connectivity index (χ1) is 9.38. The van der Waals surface area contributed by atoms with Gasteiger partial charge in [-0.2, -0.15) is 13.2 Å². The molecule has 1 N–H and O–H groups in total. The van der Waals surface area contributed by atoms with Crippen LogP contribution in [0.25, 0.3) is 0 Å². The molecule has 0 fully saturated rings. The van der Waals surface area contributed by atoms with Gasteiger partial charge in [-0.15, -0.1) is 0 Å². The maximum atomic E-state index is 12.8. The second-order valence-corrected chi connectivity index (χ2v) is 4.01. The van der Waals surface area contributed by atoms with E-state index in [9.17, 15) is 18.0 Å². The van der Waals surface area contributed by atoms with Crippen LogP contribution in [0.1, 0.15) is 24.0 Å². The Kier molecular flexibility index (Phi) is 5.82. The maximum Gasteiger partial charge on any atom is 0.419 e. The minimum absolute atomic E-state index is 0.0311. The van der Waals surface area contributed by atoms with E-state index in [-0.39, 0.29) is 30.8 Å². The molecule has 0 saturated carbocycles. The Balaban J connectivity index is 2.72. The lowest BCUT2D eigenvalue weighted by molar-refractivity contribution is -0.141. The fourth-order valence-corrected chi connectivity index (χ4v) is 1.52. The number of hydrogen-bond acceptors (Lipinski definition) is 4. The van der Waals surface area contributed by atoms with Crippen molar-refractivity contribution in [2.75, 3.05) is 13.7 Å². The van der Waals surface area contributed by atoms with Crippen molar-refractivity contribution in [3.8, 4) is 5.75 Å². The van der Waals surface area contributed by atoms with Gasteiger partial charge in [0.1, 0.15) is 5.75 Å². The SMILES string of the molecule is COC(=O)CCCOc1ccc(CO)cc1C(F)(F)F. The number of benzene rings is 1. The van der Waals surface area contributed by atoms with Gasteiger partial charge in [0.2, 0.25) is 0 Å². The van der Waals surface area contributed by atoms with E-state index in [2.05, 4.69) is 4.74 Å². The fourth-order valence-electron chi connectivity index (χ4n) is 1.52. The van der Waals surface area contributed by atoms with Crippen LogP contribution >= 0.6 is 0 Å². The summed E-state index contributed by atoms with van der Waals surface area (Å²) in [6, 6.07) is 3.35. The summed E-state index contributed by atoms with van der Waals surface area (Å²) in [5.74, 6) is -0.764. The van der Waals surface area contributed by atoms with E-state index in [4.69, 9.17) is 9.84 Å². The summed E-state index contributed by atoms with van der Waals surface area (Å²) in [7, 11) is 1.23. The van der Waals surface area contributed by atoms with Gasteiger partial charge in [-0.05, 0) is 24.1 Å². The first-order valence-electron chi connectivity index (χ1n) is 5.89. The zero-order valence-corrected chi connectivity index (χ0v) is 10.9. The zero-order chi connectivity index (χ0) is 15.2. The topological polar surface area (TPSA) is 55.8 Å². The van der Waals surface area contributed by atoms with Gasteiger partial charge >= 0.3 is 12.1 Å². The molecule has 0 aliphatic heterocycles. The Bertz CT molecular complexity index is 457. The minimum Gasteiger partial charge on any atom is -0.493 e. The molecule has 1 aromatic carbocycles. The first-order valence-corrected chi connectivity index (χ1v) is 5.89. The van der Waals surface area contributed by atoms with Crippen LogP contribution in [0, 0.1) is 0 Å². The highest BCUT2D eigenvalue weighted by molar-refractivity contribution is 5.69. The number of aliphatic hydroxyl groups excluding tert-OH is 1. The highest BCUT2D eigenvalue weighted by Gasteiger charge is 2.34. The van der Waals surface area contributed by atoms with Crippen molar-refractivity contribution in [1.82, 2.24) is 0 Å². The summed E-state index contributed by atoms with van der Waals surface area (Å²) in [4.78, 5) is 10.8. The minimum atomic E-state index is -4.57. The number of alkyl halides is 3. The molecule has 0 radical (unpaired) electrons. The van der Waals surface area contributed by atoms with Gasteiger partial charge in [0.25, 0.3) is 0 Å². The van der Waals surface area contributed by atoms with Gasteiger partial charge < -0.3 is 14.6 Å². The standard InChI is InChI=1S/C13H15F3O4/c1-19-12(18)3-2-6-20-11-5-4-9(8-17)7-10(11)13(14,15)16/h4-5,7,17H,2-3,6,8H2,1H3. The molecule has 0 bridgehead atoms. The Labute approximate surface area is 114 Å². The second-order valence-electron chi connectivity index (χ2n) is 4.01. The Morgan fingerprint density at radius 1 is 1.35 bits per heavy atom. The molecule has 0 amide bonds. The van der Waals surface area contributed by atoms with Crippen molar-refractivity contribution < 1.29 is 32.5 Å². The van der Waals surface area contributed by atoms with E-state index < -0.39 is 24.3 Å². The predicted octanol–water partition coefficient (Wildman–Crippen LogP) is 2.53. The van der Waals surface area contributed by atoms with Gasteiger partial charge in [-0.3, -0.25) is 4.79 Å². The summed E-state index contributed by atoms with van der Waals surface area (Å²) in [6.45, 7) is -0.512. The lowest BCUT2D eigenvalue weighted by Crippen LogP contribution is -2.11. The van der Waals surface area contributed by atoms with Crippen molar-refractivity contribution in [3.05, 3.63) is 29.3 Å². The maximum absolute atomic E-state index is 12.8. The van der Waals surface area contributed by atoms with Crippen LogP contribution in [-0.4, -0.2) is 24.8 Å². The number of ether oxygens (including phenoxy) is 2. The highest BCUT2D eigenvalue weighted by Crippen LogP contribution is 2.36. The van der Waals surface area contributed by atoms with E-state index in [1.807, 2.05) is 0 Å². The molecule has 0 aliphatic rings. The number of carbonyl (C=O) groups excluding carboxylic acids is 1. The number of aliphatic hydroxyl groups is 1. The highest BCUT2D eigenvalue weighted by atomic mass is 19.4. The lowest BCUT2D eigenvalue weighted by atomic mass is 10.1. The summed E-state index contributed by atoms with van der Waals surface area (Å²) >= 11 is 0. The van der Waals surface area contributed by atoms with Gasteiger partial charge in [-0.1, -0.05) is 6.07 Å². The third-order valence-electron chi connectivity index (χ3n) is 2.54. The van der Waals surface area contributed by atoms with Gasteiger partial charge in [-0.25, -0.2) is 0 Å². The lowest BCUT2D eigenvalue weighted by Gasteiger charge is -2.14. The third-order valence-corrected chi connectivity index (χ3v) is 2.54. The first kappa shape index (κ1) is 16.3. The van der Waals surface area contributed by atoms with Crippen molar-refractivity contribution in [2.45, 2.75) is 25.6 Å². The smallest absolute Gasteiger partial charge is 0.419 e. The van der Waals surface area contributed by atoms with Gasteiger partial charge in [0.05, 0.1) is 25.9 Å². The molecule has 0 saturated heterocycles. The molecule has 0 heterocycles. The molecule has 0 unspecified atom stereocenters. The molecule has 1 rings (SSSR count). The monoisotopic (exact) mass is 292 g/mol. The van der Waals surface area contributed by atoms with Crippen molar-refractivity contribution in [3.63, 3.8) is 0 Å². The summed E-state index contributed by atoms with van der Waals surface area (Å²) in [6.07, 6.45) is -4.23. The number of esters is 1. The average molecular weight is 292 g/mol. The van der Waals surface area contributed by atoms with Crippen LogP contribution in [0.3, 0.4) is 0 Å². The predicted molar refractivity (Wildman–Crippen MR) is 64.1 cm³/mol. The Hall–Kier alpha value is -1.76. The van der Waals surface area contributed by atoms with Gasteiger partial charge in [0, 0.05) is 6.42 Å². The van der Waals surface area contributed by atoms with Crippen molar-refractivity contribution >= 4 is 5.97 Å². The van der Waals surface area contributed by atoms with E-state index in [1.165, 1.54) is 13.2 Å². The van der Waals surface area contributed by atoms with E-state index >= 15 is 0 Å². The zero-order valence-electron chi connectivity index (χ0n) is 10.9. The average Bonchev–Trinajstić information content (AvgIpc) is 2.42. The van der Waals surface area contributed by atoms with Crippen LogP contribution in [0.4, 0.5) is 13.2 Å². The molecule has 4 nitrogen and oxygen atoms in total. The van der Waals surface area contributed by atoms with Crippen molar-refractivity contribution in [2.24, 2.45) is 0 Å². The molecule has 1 aromatic rings. The second kappa shape index (κ2) is 7.14. The quantitative estimate of drug-likeness (QED) is 0.646. The Morgan fingerprint density at radius 2 is 2.05 bits per heavy atom. The summed E-state index contributed by atoms with van der Waals surface area (Å²) < 4.78 is 47.9. The largest absolute Gasteiger partial charge is 0.493 e. The summed E-state index contributed by atoms with van der Waals surface area (Å²) in [5.41, 5.74) is -0.790. The molecular weight excluding hydrogens is 277 g/mol. The molecule has 0 spiro atoms.